The molecule has 0 bridgehead atoms. The van der Waals surface area contributed by atoms with Gasteiger partial charge in [0.15, 0.2) is 0 Å². The highest BCUT2D eigenvalue weighted by molar-refractivity contribution is 6.30. The minimum Gasteiger partial charge on any atom is -0.348 e. The third-order valence-corrected chi connectivity index (χ3v) is 5.04. The Kier molecular flexibility index (Phi) is 5.12. The van der Waals surface area contributed by atoms with Crippen LogP contribution in [0.15, 0.2) is 54.7 Å². The van der Waals surface area contributed by atoms with Crippen molar-refractivity contribution in [3.05, 3.63) is 70.9 Å². The standard InChI is InChI=1S/C21H19ClN4O2/c22-16-7-5-15(6-8-16)20-18(13-24-25-20)21(28)23-12-14-3-9-17(10-4-14)26-11-1-2-19(26)27/h3-10,13H,1-2,11-12H2,(H,23,28)(H,24,25). The summed E-state index contributed by atoms with van der Waals surface area (Å²) in [7, 11) is 0. The van der Waals surface area contributed by atoms with Crippen LogP contribution in [0, 0.1) is 0 Å². The van der Waals surface area contributed by atoms with Gasteiger partial charge >= 0.3 is 0 Å². The number of hydrogen-bond donors (Lipinski definition) is 2. The zero-order valence-electron chi connectivity index (χ0n) is 15.1. The summed E-state index contributed by atoms with van der Waals surface area (Å²) >= 11 is 5.93. The highest BCUT2D eigenvalue weighted by Gasteiger charge is 2.21. The first kappa shape index (κ1) is 18.3. The van der Waals surface area contributed by atoms with Crippen LogP contribution < -0.4 is 10.2 Å². The quantitative estimate of drug-likeness (QED) is 0.691. The Morgan fingerprint density at radius 3 is 2.57 bits per heavy atom. The lowest BCUT2D eigenvalue weighted by Gasteiger charge is -2.16. The first-order valence-electron chi connectivity index (χ1n) is 9.08. The second-order valence-electron chi connectivity index (χ2n) is 6.66. The van der Waals surface area contributed by atoms with E-state index in [0.29, 0.717) is 29.2 Å². The zero-order chi connectivity index (χ0) is 19.5. The highest BCUT2D eigenvalue weighted by atomic mass is 35.5. The number of aromatic amines is 1. The van der Waals surface area contributed by atoms with Gasteiger partial charge in [0.05, 0.1) is 17.5 Å². The van der Waals surface area contributed by atoms with Crippen LogP contribution in [0.4, 0.5) is 5.69 Å². The van der Waals surface area contributed by atoms with E-state index < -0.39 is 0 Å². The number of carbonyl (C=O) groups is 2. The molecule has 1 aromatic heterocycles. The predicted octanol–water partition coefficient (Wildman–Crippen LogP) is 3.79. The van der Waals surface area contributed by atoms with Gasteiger partial charge in [-0.2, -0.15) is 5.10 Å². The number of nitrogens with zero attached hydrogens (tertiary/aromatic N) is 2. The van der Waals surface area contributed by atoms with Gasteiger partial charge in [-0.1, -0.05) is 35.9 Å². The van der Waals surface area contributed by atoms with Gasteiger partial charge in [0.2, 0.25) is 5.91 Å². The molecule has 1 aliphatic heterocycles. The fraction of sp³-hybridized carbons (Fsp3) is 0.190. The molecule has 28 heavy (non-hydrogen) atoms. The molecule has 3 aromatic rings. The molecular formula is C21H19ClN4O2. The molecule has 142 valence electrons. The molecule has 1 saturated heterocycles. The van der Waals surface area contributed by atoms with Gasteiger partial charge in [-0.15, -0.1) is 0 Å². The van der Waals surface area contributed by atoms with Crippen molar-refractivity contribution >= 4 is 29.1 Å². The predicted molar refractivity (Wildman–Crippen MR) is 108 cm³/mol. The Hall–Kier alpha value is -3.12. The van der Waals surface area contributed by atoms with Gasteiger partial charge in [0.1, 0.15) is 0 Å². The number of anilines is 1. The second kappa shape index (κ2) is 7.86. The van der Waals surface area contributed by atoms with Crippen molar-refractivity contribution in [3.63, 3.8) is 0 Å². The van der Waals surface area contributed by atoms with Crippen LogP contribution in [0.1, 0.15) is 28.8 Å². The van der Waals surface area contributed by atoms with Crippen LogP contribution >= 0.6 is 11.6 Å². The van der Waals surface area contributed by atoms with Crippen molar-refractivity contribution in [2.24, 2.45) is 0 Å². The Morgan fingerprint density at radius 2 is 1.89 bits per heavy atom. The monoisotopic (exact) mass is 394 g/mol. The maximum Gasteiger partial charge on any atom is 0.255 e. The number of H-pyrrole nitrogens is 1. The van der Waals surface area contributed by atoms with Gasteiger partial charge in [0, 0.05) is 35.8 Å². The van der Waals surface area contributed by atoms with E-state index in [1.54, 1.807) is 17.0 Å². The van der Waals surface area contributed by atoms with E-state index in [1.165, 1.54) is 6.20 Å². The number of hydrogen-bond acceptors (Lipinski definition) is 3. The van der Waals surface area contributed by atoms with E-state index >= 15 is 0 Å². The molecule has 6 nitrogen and oxygen atoms in total. The maximum absolute atomic E-state index is 12.6. The number of amides is 2. The van der Waals surface area contributed by atoms with Crippen LogP contribution in [0.25, 0.3) is 11.3 Å². The molecule has 0 saturated carbocycles. The molecule has 2 amide bonds. The van der Waals surface area contributed by atoms with Crippen molar-refractivity contribution < 1.29 is 9.59 Å². The van der Waals surface area contributed by atoms with E-state index in [1.807, 2.05) is 36.4 Å². The van der Waals surface area contributed by atoms with Crippen molar-refractivity contribution in [1.29, 1.82) is 0 Å². The summed E-state index contributed by atoms with van der Waals surface area (Å²) in [5, 5.41) is 10.4. The summed E-state index contributed by atoms with van der Waals surface area (Å²) < 4.78 is 0. The maximum atomic E-state index is 12.6. The highest BCUT2D eigenvalue weighted by Crippen LogP contribution is 2.24. The number of rotatable bonds is 5. The first-order chi connectivity index (χ1) is 13.6. The summed E-state index contributed by atoms with van der Waals surface area (Å²) in [6.07, 6.45) is 3.02. The van der Waals surface area contributed by atoms with E-state index in [-0.39, 0.29) is 11.8 Å². The van der Waals surface area contributed by atoms with Gasteiger partial charge in [-0.3, -0.25) is 14.7 Å². The molecule has 7 heteroatoms. The van der Waals surface area contributed by atoms with Gasteiger partial charge in [0.25, 0.3) is 5.91 Å². The minimum absolute atomic E-state index is 0.163. The molecule has 2 aromatic carbocycles. The van der Waals surface area contributed by atoms with Crippen LogP contribution in [-0.4, -0.2) is 28.6 Å². The molecule has 1 fully saturated rings. The Morgan fingerprint density at radius 1 is 1.14 bits per heavy atom. The first-order valence-corrected chi connectivity index (χ1v) is 9.46. The average Bonchev–Trinajstić information content (AvgIpc) is 3.36. The van der Waals surface area contributed by atoms with Crippen LogP contribution in [-0.2, 0) is 11.3 Å². The molecule has 1 aliphatic rings. The van der Waals surface area contributed by atoms with Crippen LogP contribution in [0.5, 0.6) is 0 Å². The molecule has 0 aliphatic carbocycles. The zero-order valence-corrected chi connectivity index (χ0v) is 15.9. The topological polar surface area (TPSA) is 78.1 Å². The normalized spacial score (nSPS) is 13.8. The minimum atomic E-state index is -0.211. The van der Waals surface area contributed by atoms with E-state index in [9.17, 15) is 9.59 Å². The molecular weight excluding hydrogens is 376 g/mol. The lowest BCUT2D eigenvalue weighted by atomic mass is 10.1. The molecule has 0 radical (unpaired) electrons. The Balaban J connectivity index is 1.42. The lowest BCUT2D eigenvalue weighted by molar-refractivity contribution is -0.117. The smallest absolute Gasteiger partial charge is 0.255 e. The second-order valence-corrected chi connectivity index (χ2v) is 7.10. The van der Waals surface area contributed by atoms with Gasteiger partial charge in [-0.25, -0.2) is 0 Å². The molecule has 0 spiro atoms. The van der Waals surface area contributed by atoms with Crippen molar-refractivity contribution in [2.75, 3.05) is 11.4 Å². The van der Waals surface area contributed by atoms with Gasteiger partial charge < -0.3 is 10.2 Å². The van der Waals surface area contributed by atoms with Gasteiger partial charge in [-0.05, 0) is 36.2 Å². The average molecular weight is 395 g/mol. The summed E-state index contributed by atoms with van der Waals surface area (Å²) in [6.45, 7) is 1.15. The largest absolute Gasteiger partial charge is 0.348 e. The molecule has 2 N–H and O–H groups in total. The van der Waals surface area contributed by atoms with Crippen molar-refractivity contribution in [1.82, 2.24) is 15.5 Å². The Labute approximate surface area is 167 Å². The third kappa shape index (κ3) is 3.77. The van der Waals surface area contributed by atoms with E-state index in [0.717, 1.165) is 29.8 Å². The summed E-state index contributed by atoms with van der Waals surface area (Å²) in [5.41, 5.74) is 3.82. The third-order valence-electron chi connectivity index (χ3n) is 4.79. The molecule has 2 heterocycles. The van der Waals surface area contributed by atoms with Crippen molar-refractivity contribution in [2.45, 2.75) is 19.4 Å². The molecule has 0 unspecified atom stereocenters. The summed E-state index contributed by atoms with van der Waals surface area (Å²) in [5.74, 6) is -0.0479. The Bertz CT molecular complexity index is 996. The number of carbonyl (C=O) groups excluding carboxylic acids is 2. The lowest BCUT2D eigenvalue weighted by Crippen LogP contribution is -2.24. The van der Waals surface area contributed by atoms with E-state index in [2.05, 4.69) is 15.5 Å². The van der Waals surface area contributed by atoms with Crippen LogP contribution in [0.3, 0.4) is 0 Å². The number of halogens is 1. The number of nitrogens with one attached hydrogen (secondary N) is 2. The summed E-state index contributed by atoms with van der Waals surface area (Å²) in [4.78, 5) is 26.2. The molecule has 0 atom stereocenters. The fourth-order valence-electron chi connectivity index (χ4n) is 3.29. The molecule has 4 rings (SSSR count). The SMILES string of the molecule is O=C(NCc1ccc(N2CCCC2=O)cc1)c1cn[nH]c1-c1ccc(Cl)cc1. The number of benzene rings is 2. The van der Waals surface area contributed by atoms with Crippen LogP contribution in [0.2, 0.25) is 5.02 Å². The fourth-order valence-corrected chi connectivity index (χ4v) is 3.41. The number of aromatic nitrogens is 2. The van der Waals surface area contributed by atoms with Crippen molar-refractivity contribution in [3.8, 4) is 11.3 Å². The summed E-state index contributed by atoms with van der Waals surface area (Å²) in [6, 6.07) is 14.9. The van der Waals surface area contributed by atoms with E-state index in [4.69, 9.17) is 11.6 Å².